The van der Waals surface area contributed by atoms with Gasteiger partial charge in [0.05, 0.1) is 6.61 Å². The van der Waals surface area contributed by atoms with Gasteiger partial charge in [0, 0.05) is 15.6 Å². The zero-order valence-electron chi connectivity index (χ0n) is 10.9. The van der Waals surface area contributed by atoms with Crippen LogP contribution in [0.25, 0.3) is 0 Å². The highest BCUT2D eigenvalue weighted by Gasteiger charge is 2.28. The molecule has 0 amide bonds. The van der Waals surface area contributed by atoms with Gasteiger partial charge >= 0.3 is 5.97 Å². The summed E-state index contributed by atoms with van der Waals surface area (Å²) in [6.45, 7) is 3.87. The van der Waals surface area contributed by atoms with Crippen LogP contribution in [-0.4, -0.2) is 18.4 Å². The minimum atomic E-state index is -0.792. The van der Waals surface area contributed by atoms with Gasteiger partial charge in [0.15, 0.2) is 5.78 Å². The molecular weight excluding hydrogens is 287 g/mol. The zero-order valence-corrected chi connectivity index (χ0v) is 12.4. The fourth-order valence-corrected chi connectivity index (χ4v) is 2.31. The lowest BCUT2D eigenvalue weighted by atomic mass is 9.93. The highest BCUT2D eigenvalue weighted by atomic mass is 35.5. The summed E-state index contributed by atoms with van der Waals surface area (Å²) in [5.41, 5.74) is 0.337. The van der Waals surface area contributed by atoms with Gasteiger partial charge in [0.25, 0.3) is 0 Å². The number of ketones is 1. The van der Waals surface area contributed by atoms with E-state index in [0.717, 1.165) is 0 Å². The van der Waals surface area contributed by atoms with Gasteiger partial charge in [0.2, 0.25) is 0 Å². The molecule has 0 fully saturated rings. The van der Waals surface area contributed by atoms with Crippen molar-refractivity contribution in [3.05, 3.63) is 33.8 Å². The quantitative estimate of drug-likeness (QED) is 0.450. The van der Waals surface area contributed by atoms with E-state index in [4.69, 9.17) is 27.9 Å². The van der Waals surface area contributed by atoms with Crippen molar-refractivity contribution in [2.75, 3.05) is 6.61 Å². The number of ether oxygens (including phenoxy) is 1. The molecule has 0 bridgehead atoms. The Kier molecular flexibility index (Phi) is 6.32. The molecule has 19 heavy (non-hydrogen) atoms. The van der Waals surface area contributed by atoms with Crippen LogP contribution < -0.4 is 0 Å². The fourth-order valence-electron chi connectivity index (χ4n) is 1.78. The minimum Gasteiger partial charge on any atom is -0.465 e. The number of hydrogen-bond acceptors (Lipinski definition) is 3. The SMILES string of the molecule is CCCC(C(=O)OCC)C(=O)c1cc(Cl)cc(Cl)c1. The third-order valence-electron chi connectivity index (χ3n) is 2.61. The Bertz CT molecular complexity index is 452. The third-order valence-corrected chi connectivity index (χ3v) is 3.05. The Hall–Kier alpha value is -1.06. The smallest absolute Gasteiger partial charge is 0.316 e. The molecule has 0 aliphatic heterocycles. The van der Waals surface area contributed by atoms with Crippen LogP contribution in [0.2, 0.25) is 10.0 Å². The van der Waals surface area contributed by atoms with Crippen LogP contribution in [0.3, 0.4) is 0 Å². The van der Waals surface area contributed by atoms with Crippen molar-refractivity contribution >= 4 is 35.0 Å². The molecule has 1 rings (SSSR count). The molecule has 1 aromatic carbocycles. The summed E-state index contributed by atoms with van der Waals surface area (Å²) in [5, 5.41) is 0.741. The van der Waals surface area contributed by atoms with Gasteiger partial charge in [0.1, 0.15) is 5.92 Å². The van der Waals surface area contributed by atoms with Gasteiger partial charge in [-0.15, -0.1) is 0 Å². The van der Waals surface area contributed by atoms with Gasteiger partial charge < -0.3 is 4.74 Å². The molecule has 3 nitrogen and oxygen atoms in total. The summed E-state index contributed by atoms with van der Waals surface area (Å²) < 4.78 is 4.93. The Morgan fingerprint density at radius 2 is 1.74 bits per heavy atom. The summed E-state index contributed by atoms with van der Waals surface area (Å²) in [7, 11) is 0. The number of carbonyl (C=O) groups excluding carboxylic acids is 2. The van der Waals surface area contributed by atoms with Crippen molar-refractivity contribution < 1.29 is 14.3 Å². The van der Waals surface area contributed by atoms with E-state index in [1.807, 2.05) is 6.92 Å². The summed E-state index contributed by atoms with van der Waals surface area (Å²) in [4.78, 5) is 24.1. The summed E-state index contributed by atoms with van der Waals surface area (Å²) >= 11 is 11.7. The first-order valence-corrected chi connectivity index (χ1v) is 6.92. The van der Waals surface area contributed by atoms with E-state index in [1.54, 1.807) is 13.0 Å². The molecule has 5 heteroatoms. The first-order chi connectivity index (χ1) is 8.99. The predicted molar refractivity (Wildman–Crippen MR) is 75.8 cm³/mol. The van der Waals surface area contributed by atoms with Crippen molar-refractivity contribution in [3.8, 4) is 0 Å². The first-order valence-electron chi connectivity index (χ1n) is 6.16. The van der Waals surface area contributed by atoms with E-state index in [1.165, 1.54) is 12.1 Å². The van der Waals surface area contributed by atoms with Crippen LogP contribution in [0.1, 0.15) is 37.0 Å². The topological polar surface area (TPSA) is 43.4 Å². The summed E-state index contributed by atoms with van der Waals surface area (Å²) in [5.74, 6) is -1.59. The molecule has 0 aromatic heterocycles. The number of benzene rings is 1. The molecule has 0 radical (unpaired) electrons. The first kappa shape index (κ1) is 16.0. The van der Waals surface area contributed by atoms with E-state index in [9.17, 15) is 9.59 Å². The monoisotopic (exact) mass is 302 g/mol. The average Bonchev–Trinajstić information content (AvgIpc) is 2.34. The molecular formula is C14H16Cl2O3. The van der Waals surface area contributed by atoms with Gasteiger partial charge in [-0.05, 0) is 31.5 Å². The van der Waals surface area contributed by atoms with Crippen LogP contribution >= 0.6 is 23.2 Å². The lowest BCUT2D eigenvalue weighted by Crippen LogP contribution is -2.26. The van der Waals surface area contributed by atoms with Crippen LogP contribution in [0.5, 0.6) is 0 Å². The summed E-state index contributed by atoms with van der Waals surface area (Å²) in [6.07, 6.45) is 1.16. The van der Waals surface area contributed by atoms with E-state index in [2.05, 4.69) is 0 Å². The number of esters is 1. The Labute approximate surface area is 122 Å². The van der Waals surface area contributed by atoms with E-state index in [0.29, 0.717) is 28.5 Å². The molecule has 104 valence electrons. The maximum atomic E-state index is 12.3. The van der Waals surface area contributed by atoms with Gasteiger partial charge in [-0.1, -0.05) is 36.5 Å². The van der Waals surface area contributed by atoms with E-state index >= 15 is 0 Å². The lowest BCUT2D eigenvalue weighted by Gasteiger charge is -2.14. The fraction of sp³-hybridized carbons (Fsp3) is 0.429. The molecule has 1 unspecified atom stereocenters. The van der Waals surface area contributed by atoms with Gasteiger partial charge in [-0.3, -0.25) is 9.59 Å². The maximum absolute atomic E-state index is 12.3. The molecule has 0 aliphatic rings. The highest BCUT2D eigenvalue weighted by molar-refractivity contribution is 6.35. The van der Waals surface area contributed by atoms with E-state index < -0.39 is 11.9 Å². The zero-order chi connectivity index (χ0) is 14.4. The van der Waals surface area contributed by atoms with Gasteiger partial charge in [-0.2, -0.15) is 0 Å². The molecule has 0 N–H and O–H groups in total. The number of Topliss-reactive ketones (excluding diaryl/α,β-unsaturated/α-hetero) is 1. The molecule has 0 saturated carbocycles. The second kappa shape index (κ2) is 7.51. The Morgan fingerprint density at radius 3 is 2.21 bits per heavy atom. The van der Waals surface area contributed by atoms with Crippen LogP contribution in [0, 0.1) is 5.92 Å². The Morgan fingerprint density at radius 1 is 1.16 bits per heavy atom. The van der Waals surface area contributed by atoms with Crippen molar-refractivity contribution in [2.24, 2.45) is 5.92 Å². The van der Waals surface area contributed by atoms with Crippen molar-refractivity contribution in [1.82, 2.24) is 0 Å². The normalized spacial score (nSPS) is 12.0. The lowest BCUT2D eigenvalue weighted by molar-refractivity contribution is -0.146. The average molecular weight is 303 g/mol. The van der Waals surface area contributed by atoms with Crippen molar-refractivity contribution in [3.63, 3.8) is 0 Å². The summed E-state index contributed by atoms with van der Waals surface area (Å²) in [6, 6.07) is 4.56. The van der Waals surface area contributed by atoms with Crippen molar-refractivity contribution in [2.45, 2.75) is 26.7 Å². The minimum absolute atomic E-state index is 0.253. The molecule has 0 heterocycles. The number of rotatable bonds is 6. The largest absolute Gasteiger partial charge is 0.465 e. The van der Waals surface area contributed by atoms with Crippen LogP contribution in [0.15, 0.2) is 18.2 Å². The van der Waals surface area contributed by atoms with Gasteiger partial charge in [-0.25, -0.2) is 0 Å². The van der Waals surface area contributed by atoms with Crippen LogP contribution in [-0.2, 0) is 9.53 Å². The number of halogens is 2. The predicted octanol–water partition coefficient (Wildman–Crippen LogP) is 4.16. The highest BCUT2D eigenvalue weighted by Crippen LogP contribution is 2.23. The molecule has 1 atom stereocenters. The molecule has 0 aliphatic carbocycles. The van der Waals surface area contributed by atoms with E-state index in [-0.39, 0.29) is 12.4 Å². The second-order valence-electron chi connectivity index (χ2n) is 4.12. The maximum Gasteiger partial charge on any atom is 0.316 e. The number of carbonyl (C=O) groups is 2. The van der Waals surface area contributed by atoms with Crippen molar-refractivity contribution in [1.29, 1.82) is 0 Å². The third kappa shape index (κ3) is 4.51. The van der Waals surface area contributed by atoms with Crippen LogP contribution in [0.4, 0.5) is 0 Å². The Balaban J connectivity index is 3.01. The second-order valence-corrected chi connectivity index (χ2v) is 4.99. The standard InChI is InChI=1S/C14H16Cl2O3/c1-3-5-12(14(18)19-4-2)13(17)9-6-10(15)8-11(16)7-9/h6-8,12H,3-5H2,1-2H3. The molecule has 0 spiro atoms. The molecule has 1 aromatic rings. The molecule has 0 saturated heterocycles. The number of hydrogen-bond donors (Lipinski definition) is 0.